The van der Waals surface area contributed by atoms with Crippen LogP contribution in [-0.2, 0) is 0 Å². The second kappa shape index (κ2) is 3.85. The van der Waals surface area contributed by atoms with Crippen molar-refractivity contribution in [1.29, 1.82) is 0 Å². The summed E-state index contributed by atoms with van der Waals surface area (Å²) < 4.78 is 5.00. The number of rotatable bonds is 2. The van der Waals surface area contributed by atoms with Crippen LogP contribution in [0.25, 0.3) is 4.85 Å². The van der Waals surface area contributed by atoms with Crippen LogP contribution in [0.4, 0.5) is 0 Å². The lowest BCUT2D eigenvalue weighted by Gasteiger charge is -1.97. The highest BCUT2D eigenvalue weighted by molar-refractivity contribution is 6.30. The monoisotopic (exact) mass is 167 g/mol. The van der Waals surface area contributed by atoms with Crippen molar-refractivity contribution in [2.24, 2.45) is 0 Å². The molecule has 0 radical (unpaired) electrons. The van der Waals surface area contributed by atoms with Crippen LogP contribution in [0.3, 0.4) is 0 Å². The third kappa shape index (κ3) is 2.48. The molecule has 0 heterocycles. The highest BCUT2D eigenvalue weighted by Gasteiger charge is 1.92. The van der Waals surface area contributed by atoms with E-state index in [4.69, 9.17) is 22.9 Å². The van der Waals surface area contributed by atoms with E-state index >= 15 is 0 Å². The molecule has 0 bridgehead atoms. The molecule has 1 aromatic rings. The Morgan fingerprint density at radius 2 is 2.00 bits per heavy atom. The van der Waals surface area contributed by atoms with Crippen LogP contribution >= 0.6 is 11.6 Å². The fourth-order valence-electron chi connectivity index (χ4n) is 0.638. The Hall–Kier alpha value is -1.20. The van der Waals surface area contributed by atoms with E-state index in [2.05, 4.69) is 4.85 Å². The SMILES string of the molecule is [C-]#[N+]COc1ccc(Cl)cc1. The fourth-order valence-corrected chi connectivity index (χ4v) is 0.764. The van der Waals surface area contributed by atoms with E-state index in [1.807, 2.05) is 0 Å². The Morgan fingerprint density at radius 1 is 1.36 bits per heavy atom. The largest absolute Gasteiger partial charge is 0.426 e. The van der Waals surface area contributed by atoms with Gasteiger partial charge in [0.15, 0.2) is 0 Å². The normalized spacial score (nSPS) is 8.73. The van der Waals surface area contributed by atoms with Gasteiger partial charge in [-0.1, -0.05) is 11.6 Å². The zero-order chi connectivity index (χ0) is 8.10. The van der Waals surface area contributed by atoms with E-state index in [-0.39, 0.29) is 6.73 Å². The summed E-state index contributed by atoms with van der Waals surface area (Å²) in [5, 5.41) is 0.667. The molecule has 11 heavy (non-hydrogen) atoms. The van der Waals surface area contributed by atoms with Gasteiger partial charge in [0.2, 0.25) is 0 Å². The van der Waals surface area contributed by atoms with Crippen molar-refractivity contribution in [2.75, 3.05) is 6.73 Å². The maximum Gasteiger partial charge on any atom is 0.357 e. The van der Waals surface area contributed by atoms with Gasteiger partial charge >= 0.3 is 6.73 Å². The van der Waals surface area contributed by atoms with Crippen LogP contribution in [0.1, 0.15) is 0 Å². The van der Waals surface area contributed by atoms with Gasteiger partial charge in [-0.05, 0) is 24.3 Å². The summed E-state index contributed by atoms with van der Waals surface area (Å²) in [4.78, 5) is 3.05. The number of halogens is 1. The summed E-state index contributed by atoms with van der Waals surface area (Å²) in [5.41, 5.74) is 0. The second-order valence-electron chi connectivity index (χ2n) is 1.89. The highest BCUT2D eigenvalue weighted by atomic mass is 35.5. The van der Waals surface area contributed by atoms with Crippen LogP contribution in [0, 0.1) is 6.57 Å². The number of benzene rings is 1. The molecule has 56 valence electrons. The minimum Gasteiger partial charge on any atom is -0.426 e. The van der Waals surface area contributed by atoms with Gasteiger partial charge < -0.3 is 4.74 Å². The number of nitrogens with zero attached hydrogens (tertiary/aromatic N) is 1. The maximum absolute atomic E-state index is 6.47. The summed E-state index contributed by atoms with van der Waals surface area (Å²) in [6, 6.07) is 6.91. The second-order valence-corrected chi connectivity index (χ2v) is 2.32. The molecule has 0 spiro atoms. The van der Waals surface area contributed by atoms with Crippen LogP contribution in [0.5, 0.6) is 5.75 Å². The molecule has 0 unspecified atom stereocenters. The zero-order valence-electron chi connectivity index (χ0n) is 5.75. The van der Waals surface area contributed by atoms with Gasteiger partial charge in [0.05, 0.1) is 0 Å². The van der Waals surface area contributed by atoms with Crippen molar-refractivity contribution >= 4 is 11.6 Å². The molecule has 0 atom stereocenters. The minimum absolute atomic E-state index is 0.0572. The van der Waals surface area contributed by atoms with E-state index in [0.717, 1.165) is 0 Å². The molecule has 0 fully saturated rings. The van der Waals surface area contributed by atoms with Crippen LogP contribution in [-0.4, -0.2) is 6.73 Å². The smallest absolute Gasteiger partial charge is 0.357 e. The average molecular weight is 168 g/mol. The molecule has 1 rings (SSSR count). The van der Waals surface area contributed by atoms with E-state index in [0.29, 0.717) is 10.8 Å². The van der Waals surface area contributed by atoms with Crippen molar-refractivity contribution < 1.29 is 4.74 Å². The average Bonchev–Trinajstić information content (AvgIpc) is 2.04. The minimum atomic E-state index is 0.0572. The molecule has 0 aliphatic heterocycles. The van der Waals surface area contributed by atoms with Gasteiger partial charge in [-0.15, -0.1) is 0 Å². The molecule has 2 nitrogen and oxygen atoms in total. The third-order valence-corrected chi connectivity index (χ3v) is 1.36. The first kappa shape index (κ1) is 7.90. The number of hydrogen-bond acceptors (Lipinski definition) is 1. The van der Waals surface area contributed by atoms with Gasteiger partial charge in [0, 0.05) is 5.02 Å². The molecule has 0 aromatic heterocycles. The molecule has 0 aliphatic rings. The first-order valence-corrected chi connectivity index (χ1v) is 3.42. The fraction of sp³-hybridized carbons (Fsp3) is 0.125. The van der Waals surface area contributed by atoms with Crippen molar-refractivity contribution in [2.45, 2.75) is 0 Å². The summed E-state index contributed by atoms with van der Waals surface area (Å²) in [6.45, 7) is 6.53. The highest BCUT2D eigenvalue weighted by Crippen LogP contribution is 2.15. The van der Waals surface area contributed by atoms with Gasteiger partial charge in [0.1, 0.15) is 5.75 Å². The van der Waals surface area contributed by atoms with Gasteiger partial charge in [0.25, 0.3) is 0 Å². The van der Waals surface area contributed by atoms with Crippen LogP contribution < -0.4 is 4.74 Å². The topological polar surface area (TPSA) is 13.6 Å². The first-order valence-electron chi connectivity index (χ1n) is 3.04. The molecular formula is C8H6ClNO. The molecule has 0 saturated heterocycles. The Balaban J connectivity index is 2.60. The summed E-state index contributed by atoms with van der Waals surface area (Å²) in [5.74, 6) is 0.672. The predicted molar refractivity (Wildman–Crippen MR) is 43.5 cm³/mol. The van der Waals surface area contributed by atoms with E-state index in [1.54, 1.807) is 24.3 Å². The van der Waals surface area contributed by atoms with Crippen molar-refractivity contribution in [3.8, 4) is 5.75 Å². The molecule has 3 heteroatoms. The molecule has 0 N–H and O–H groups in total. The summed E-state index contributed by atoms with van der Waals surface area (Å²) in [6.07, 6.45) is 0. The molecule has 1 aromatic carbocycles. The third-order valence-electron chi connectivity index (χ3n) is 1.11. The summed E-state index contributed by atoms with van der Waals surface area (Å²) >= 11 is 5.63. The van der Waals surface area contributed by atoms with Gasteiger partial charge in [-0.3, -0.25) is 4.85 Å². The van der Waals surface area contributed by atoms with Crippen LogP contribution in [0.2, 0.25) is 5.02 Å². The predicted octanol–water partition coefficient (Wildman–Crippen LogP) is 2.60. The maximum atomic E-state index is 6.47. The van der Waals surface area contributed by atoms with E-state index in [1.165, 1.54) is 0 Å². The van der Waals surface area contributed by atoms with Gasteiger partial charge in [-0.25, -0.2) is 6.57 Å². The zero-order valence-corrected chi connectivity index (χ0v) is 6.51. The summed E-state index contributed by atoms with van der Waals surface area (Å²) in [7, 11) is 0. The van der Waals surface area contributed by atoms with Crippen molar-refractivity contribution in [1.82, 2.24) is 0 Å². The quantitative estimate of drug-likeness (QED) is 0.618. The molecule has 0 aliphatic carbocycles. The van der Waals surface area contributed by atoms with E-state index in [9.17, 15) is 0 Å². The molecule has 0 saturated carbocycles. The Kier molecular flexibility index (Phi) is 2.76. The van der Waals surface area contributed by atoms with Gasteiger partial charge in [-0.2, -0.15) is 0 Å². The lowest BCUT2D eigenvalue weighted by Crippen LogP contribution is -1.89. The van der Waals surface area contributed by atoms with Crippen molar-refractivity contribution in [3.05, 3.63) is 40.7 Å². The van der Waals surface area contributed by atoms with Crippen LogP contribution in [0.15, 0.2) is 24.3 Å². The van der Waals surface area contributed by atoms with Crippen molar-refractivity contribution in [3.63, 3.8) is 0 Å². The lowest BCUT2D eigenvalue weighted by atomic mass is 10.3. The Bertz CT molecular complexity index is 262. The molecular weight excluding hydrogens is 162 g/mol. The van der Waals surface area contributed by atoms with E-state index < -0.39 is 0 Å². The lowest BCUT2D eigenvalue weighted by molar-refractivity contribution is 0.361. The standard InChI is InChI=1S/C8H6ClNO/c1-10-6-11-8-4-2-7(9)3-5-8/h2-5H,6H2. The Morgan fingerprint density at radius 3 is 2.55 bits per heavy atom. The number of ether oxygens (including phenoxy) is 1. The number of hydrogen-bond donors (Lipinski definition) is 0. The first-order chi connectivity index (χ1) is 5.33. The molecule has 0 amide bonds. The Labute approximate surface area is 70.2 Å².